The first-order chi connectivity index (χ1) is 4.27. The average Bonchev–Trinajstić information content (AvgIpc) is 1.80. The largest absolute Gasteiger partial charge is 0.381 e. The molecule has 0 aliphatic rings. The molecule has 9 heavy (non-hydrogen) atoms. The summed E-state index contributed by atoms with van der Waals surface area (Å²) >= 11 is 0. The van der Waals surface area contributed by atoms with Crippen molar-refractivity contribution in [2.45, 2.75) is 6.42 Å². The molecule has 0 radical (unpaired) electrons. The molecule has 0 aliphatic heterocycles. The van der Waals surface area contributed by atoms with Gasteiger partial charge in [0.2, 0.25) is 0 Å². The minimum atomic E-state index is 0.0907. The van der Waals surface area contributed by atoms with Gasteiger partial charge in [-0.3, -0.25) is 5.32 Å². The maximum absolute atomic E-state index is 8.31. The lowest BCUT2D eigenvalue weighted by molar-refractivity contribution is 0.257. The van der Waals surface area contributed by atoms with Gasteiger partial charge in [-0.05, 0) is 33.6 Å². The molecule has 3 nitrogen and oxygen atoms in total. The molecule has 0 saturated carbocycles. The average molecular weight is 132 g/mol. The van der Waals surface area contributed by atoms with Crippen molar-refractivity contribution in [2.75, 3.05) is 33.9 Å². The van der Waals surface area contributed by atoms with Gasteiger partial charge >= 0.3 is 0 Å². The van der Waals surface area contributed by atoms with Gasteiger partial charge in [-0.15, -0.1) is 0 Å². The molecule has 0 aromatic carbocycles. The molecular formula is C6H16N2O. The number of hydrogen-bond donors (Lipinski definition) is 2. The standard InChI is InChI=1S/C6H16N2O/c1-8(2)5-3-4-7-6-9/h7,9H,3-6H2,1-2H3. The zero-order valence-electron chi connectivity index (χ0n) is 6.22. The molecule has 0 atom stereocenters. The topological polar surface area (TPSA) is 35.5 Å². The van der Waals surface area contributed by atoms with Crippen LogP contribution in [0.2, 0.25) is 0 Å². The Morgan fingerprint density at radius 1 is 1.44 bits per heavy atom. The molecule has 0 rings (SSSR count). The molecule has 0 unspecified atom stereocenters. The zero-order valence-corrected chi connectivity index (χ0v) is 6.22. The fourth-order valence-corrected chi connectivity index (χ4v) is 0.599. The Balaban J connectivity index is 2.75. The van der Waals surface area contributed by atoms with Gasteiger partial charge in [-0.2, -0.15) is 0 Å². The Morgan fingerprint density at radius 3 is 2.56 bits per heavy atom. The quantitative estimate of drug-likeness (QED) is 0.390. The Labute approximate surface area is 56.7 Å². The van der Waals surface area contributed by atoms with Crippen molar-refractivity contribution < 1.29 is 5.11 Å². The van der Waals surface area contributed by atoms with E-state index < -0.39 is 0 Å². The maximum atomic E-state index is 8.31. The summed E-state index contributed by atoms with van der Waals surface area (Å²) in [5.74, 6) is 0. The van der Waals surface area contributed by atoms with Crippen LogP contribution in [0.3, 0.4) is 0 Å². The molecule has 3 heteroatoms. The van der Waals surface area contributed by atoms with Crippen LogP contribution < -0.4 is 5.32 Å². The van der Waals surface area contributed by atoms with Crippen molar-refractivity contribution in [3.8, 4) is 0 Å². The lowest BCUT2D eigenvalue weighted by atomic mass is 10.4. The Morgan fingerprint density at radius 2 is 2.11 bits per heavy atom. The first-order valence-electron chi connectivity index (χ1n) is 3.23. The van der Waals surface area contributed by atoms with Gasteiger partial charge in [0.15, 0.2) is 0 Å². The predicted octanol–water partition coefficient (Wildman–Crippen LogP) is -0.522. The summed E-state index contributed by atoms with van der Waals surface area (Å²) in [6.45, 7) is 2.06. The van der Waals surface area contributed by atoms with Gasteiger partial charge in [-0.1, -0.05) is 0 Å². The van der Waals surface area contributed by atoms with Crippen molar-refractivity contribution in [3.05, 3.63) is 0 Å². The van der Waals surface area contributed by atoms with Crippen LogP contribution in [0.25, 0.3) is 0 Å². The van der Waals surface area contributed by atoms with E-state index in [0.29, 0.717) is 0 Å². The highest BCUT2D eigenvalue weighted by molar-refractivity contribution is 4.45. The monoisotopic (exact) mass is 132 g/mol. The number of aliphatic hydroxyl groups excluding tert-OH is 1. The second-order valence-electron chi connectivity index (χ2n) is 2.31. The van der Waals surface area contributed by atoms with Gasteiger partial charge in [0.05, 0.1) is 6.73 Å². The molecule has 0 spiro atoms. The highest BCUT2D eigenvalue weighted by atomic mass is 16.3. The van der Waals surface area contributed by atoms with Gasteiger partial charge in [0.1, 0.15) is 0 Å². The van der Waals surface area contributed by atoms with Crippen LogP contribution in [0.1, 0.15) is 6.42 Å². The number of nitrogens with one attached hydrogen (secondary N) is 1. The summed E-state index contributed by atoms with van der Waals surface area (Å²) in [7, 11) is 4.08. The van der Waals surface area contributed by atoms with Crippen molar-refractivity contribution in [3.63, 3.8) is 0 Å². The number of aliphatic hydroxyl groups is 1. The Hall–Kier alpha value is -0.120. The minimum absolute atomic E-state index is 0.0907. The third kappa shape index (κ3) is 7.88. The van der Waals surface area contributed by atoms with Crippen LogP contribution in [0.5, 0.6) is 0 Å². The fourth-order valence-electron chi connectivity index (χ4n) is 0.599. The zero-order chi connectivity index (χ0) is 7.11. The van der Waals surface area contributed by atoms with Crippen LogP contribution in [0, 0.1) is 0 Å². The Bertz CT molecular complexity index is 57.0. The molecule has 0 aromatic rings. The molecule has 0 aliphatic carbocycles. The van der Waals surface area contributed by atoms with Gasteiger partial charge in [0.25, 0.3) is 0 Å². The first kappa shape index (κ1) is 8.88. The van der Waals surface area contributed by atoms with Crippen molar-refractivity contribution in [2.24, 2.45) is 0 Å². The van der Waals surface area contributed by atoms with Crippen LogP contribution >= 0.6 is 0 Å². The van der Waals surface area contributed by atoms with Crippen LogP contribution in [-0.4, -0.2) is 43.9 Å². The first-order valence-corrected chi connectivity index (χ1v) is 3.23. The summed E-state index contributed by atoms with van der Waals surface area (Å²) in [4.78, 5) is 2.12. The minimum Gasteiger partial charge on any atom is -0.381 e. The highest BCUT2D eigenvalue weighted by Crippen LogP contribution is 1.78. The van der Waals surface area contributed by atoms with E-state index in [0.717, 1.165) is 19.5 Å². The summed E-state index contributed by atoms with van der Waals surface area (Å²) in [5.41, 5.74) is 0. The number of hydrogen-bond acceptors (Lipinski definition) is 3. The second kappa shape index (κ2) is 6.01. The van der Waals surface area contributed by atoms with E-state index in [1.165, 1.54) is 0 Å². The normalized spacial score (nSPS) is 10.7. The van der Waals surface area contributed by atoms with Gasteiger partial charge < -0.3 is 10.0 Å². The molecule has 0 aromatic heterocycles. The smallest absolute Gasteiger partial charge is 0.0931 e. The van der Waals surface area contributed by atoms with Crippen LogP contribution in [0.4, 0.5) is 0 Å². The van der Waals surface area contributed by atoms with Crippen LogP contribution in [-0.2, 0) is 0 Å². The molecule has 2 N–H and O–H groups in total. The summed E-state index contributed by atoms with van der Waals surface area (Å²) in [6.07, 6.45) is 1.09. The van der Waals surface area contributed by atoms with E-state index in [1.54, 1.807) is 0 Å². The van der Waals surface area contributed by atoms with E-state index in [4.69, 9.17) is 5.11 Å². The molecule has 0 bridgehead atoms. The number of rotatable bonds is 5. The van der Waals surface area contributed by atoms with E-state index in [9.17, 15) is 0 Å². The summed E-state index contributed by atoms with van der Waals surface area (Å²) in [5, 5.41) is 11.1. The molecule has 0 heterocycles. The van der Waals surface area contributed by atoms with E-state index in [-0.39, 0.29) is 6.73 Å². The van der Waals surface area contributed by atoms with Crippen molar-refractivity contribution in [1.82, 2.24) is 10.2 Å². The third-order valence-corrected chi connectivity index (χ3v) is 1.07. The SMILES string of the molecule is CN(C)CCCNCO. The summed E-state index contributed by atoms with van der Waals surface area (Å²) < 4.78 is 0. The molecule has 56 valence electrons. The van der Waals surface area contributed by atoms with E-state index in [2.05, 4.69) is 10.2 Å². The van der Waals surface area contributed by atoms with Gasteiger partial charge in [0, 0.05) is 0 Å². The van der Waals surface area contributed by atoms with Gasteiger partial charge in [-0.25, -0.2) is 0 Å². The number of nitrogens with zero attached hydrogens (tertiary/aromatic N) is 1. The fraction of sp³-hybridized carbons (Fsp3) is 1.00. The lowest BCUT2D eigenvalue weighted by Crippen LogP contribution is -2.21. The second-order valence-corrected chi connectivity index (χ2v) is 2.31. The van der Waals surface area contributed by atoms with Crippen molar-refractivity contribution >= 4 is 0 Å². The third-order valence-electron chi connectivity index (χ3n) is 1.07. The molecule has 0 fully saturated rings. The maximum Gasteiger partial charge on any atom is 0.0931 e. The molecule has 0 amide bonds. The highest BCUT2D eigenvalue weighted by Gasteiger charge is 1.87. The summed E-state index contributed by atoms with van der Waals surface area (Å²) in [6, 6.07) is 0. The molecule has 0 saturated heterocycles. The predicted molar refractivity (Wildman–Crippen MR) is 38.3 cm³/mol. The van der Waals surface area contributed by atoms with E-state index >= 15 is 0 Å². The lowest BCUT2D eigenvalue weighted by Gasteiger charge is -2.08. The molecular weight excluding hydrogens is 116 g/mol. The van der Waals surface area contributed by atoms with Crippen LogP contribution in [0.15, 0.2) is 0 Å². The Kier molecular flexibility index (Phi) is 5.93. The van der Waals surface area contributed by atoms with Crippen molar-refractivity contribution in [1.29, 1.82) is 0 Å². The van der Waals surface area contributed by atoms with E-state index in [1.807, 2.05) is 14.1 Å².